The van der Waals surface area contributed by atoms with Crippen molar-refractivity contribution in [1.29, 1.82) is 0 Å². The minimum Gasteiger partial charge on any atom is -0.370 e. The van der Waals surface area contributed by atoms with E-state index in [0.717, 1.165) is 18.7 Å². The van der Waals surface area contributed by atoms with Crippen LogP contribution in [0, 0.1) is 10.1 Å². The van der Waals surface area contributed by atoms with Crippen LogP contribution in [0.25, 0.3) is 0 Å². The summed E-state index contributed by atoms with van der Waals surface area (Å²) in [6.07, 6.45) is 0.171. The Kier molecular flexibility index (Phi) is 4.46. The third kappa shape index (κ3) is 3.77. The monoisotopic (exact) mass is 342 g/mol. The van der Waals surface area contributed by atoms with Gasteiger partial charge >= 0.3 is 0 Å². The van der Waals surface area contributed by atoms with Crippen molar-refractivity contribution in [2.45, 2.75) is 39.0 Å². The Morgan fingerprint density at radius 3 is 2.85 bits per heavy atom. The lowest BCUT2D eigenvalue weighted by Crippen LogP contribution is -2.51. The minimum absolute atomic E-state index is 0.114. The van der Waals surface area contributed by atoms with E-state index in [2.05, 4.69) is 41.6 Å². The Morgan fingerprint density at radius 1 is 1.55 bits per heavy atom. The van der Waals surface area contributed by atoms with Crippen LogP contribution in [0.2, 0.25) is 0 Å². The van der Waals surface area contributed by atoms with Crippen molar-refractivity contribution in [2.75, 3.05) is 13.1 Å². The highest BCUT2D eigenvalue weighted by molar-refractivity contribution is 9.10. The summed E-state index contributed by atoms with van der Waals surface area (Å²) in [5.41, 5.74) is 0.881. The minimum atomic E-state index is -0.362. The lowest BCUT2D eigenvalue weighted by molar-refractivity contribution is -0.385. The predicted molar refractivity (Wildman–Crippen MR) is 80.7 cm³/mol. The molecule has 1 heterocycles. The first-order chi connectivity index (χ1) is 9.27. The van der Waals surface area contributed by atoms with Crippen LogP contribution < -0.4 is 0 Å². The zero-order chi connectivity index (χ0) is 14.9. The van der Waals surface area contributed by atoms with Gasteiger partial charge in [0.05, 0.1) is 21.1 Å². The van der Waals surface area contributed by atoms with Crippen molar-refractivity contribution < 1.29 is 9.66 Å². The van der Waals surface area contributed by atoms with Gasteiger partial charge in [0.25, 0.3) is 5.69 Å². The van der Waals surface area contributed by atoms with Gasteiger partial charge in [-0.2, -0.15) is 0 Å². The first-order valence-corrected chi connectivity index (χ1v) is 7.39. The molecule has 1 atom stereocenters. The summed E-state index contributed by atoms with van der Waals surface area (Å²) < 4.78 is 6.38. The van der Waals surface area contributed by atoms with Crippen molar-refractivity contribution in [3.8, 4) is 0 Å². The number of hydrogen-bond donors (Lipinski definition) is 0. The number of halogens is 1. The molecule has 0 bridgehead atoms. The molecule has 0 radical (unpaired) electrons. The number of nitrogens with zero attached hydrogens (tertiary/aromatic N) is 2. The molecule has 0 saturated carbocycles. The third-order valence-electron chi connectivity index (χ3n) is 3.25. The van der Waals surface area contributed by atoms with E-state index >= 15 is 0 Å². The summed E-state index contributed by atoms with van der Waals surface area (Å²) in [7, 11) is 0. The quantitative estimate of drug-likeness (QED) is 0.624. The van der Waals surface area contributed by atoms with Gasteiger partial charge in [0.2, 0.25) is 0 Å². The molecule has 0 aliphatic carbocycles. The van der Waals surface area contributed by atoms with E-state index in [4.69, 9.17) is 4.74 Å². The molecule has 6 heteroatoms. The number of benzene rings is 1. The number of nitro benzene ring substituents is 1. The van der Waals surface area contributed by atoms with E-state index < -0.39 is 0 Å². The highest BCUT2D eigenvalue weighted by Crippen LogP contribution is 2.27. The Morgan fingerprint density at radius 2 is 2.25 bits per heavy atom. The van der Waals surface area contributed by atoms with Crippen molar-refractivity contribution in [1.82, 2.24) is 4.90 Å². The molecule has 5 nitrogen and oxygen atoms in total. The molecule has 110 valence electrons. The van der Waals surface area contributed by atoms with Gasteiger partial charge in [-0.15, -0.1) is 0 Å². The smallest absolute Gasteiger partial charge is 0.283 e. The molecule has 1 aromatic rings. The van der Waals surface area contributed by atoms with Gasteiger partial charge in [0.15, 0.2) is 0 Å². The van der Waals surface area contributed by atoms with E-state index in [0.29, 0.717) is 11.0 Å². The second kappa shape index (κ2) is 5.79. The van der Waals surface area contributed by atoms with E-state index in [1.165, 1.54) is 0 Å². The topological polar surface area (TPSA) is 55.6 Å². The van der Waals surface area contributed by atoms with Gasteiger partial charge in [-0.1, -0.05) is 6.07 Å². The highest BCUT2D eigenvalue weighted by Gasteiger charge is 2.31. The van der Waals surface area contributed by atoms with Gasteiger partial charge in [-0.05, 0) is 48.3 Å². The van der Waals surface area contributed by atoms with Gasteiger partial charge in [0, 0.05) is 25.7 Å². The van der Waals surface area contributed by atoms with Crippen LogP contribution in [-0.2, 0) is 11.3 Å². The van der Waals surface area contributed by atoms with E-state index in [9.17, 15) is 10.1 Å². The molecule has 2 rings (SSSR count). The molecule has 1 aliphatic rings. The summed E-state index contributed by atoms with van der Waals surface area (Å²) >= 11 is 3.21. The van der Waals surface area contributed by atoms with Crippen molar-refractivity contribution in [3.05, 3.63) is 38.3 Å². The largest absolute Gasteiger partial charge is 0.370 e. The second-order valence-electron chi connectivity index (χ2n) is 5.90. The van der Waals surface area contributed by atoms with Crippen LogP contribution >= 0.6 is 15.9 Å². The molecule has 0 spiro atoms. The molecular weight excluding hydrogens is 324 g/mol. The summed E-state index contributed by atoms with van der Waals surface area (Å²) in [5, 5.41) is 11.0. The predicted octanol–water partition coefficient (Wildman–Crippen LogP) is 3.36. The van der Waals surface area contributed by atoms with E-state index in [1.807, 2.05) is 6.07 Å². The first-order valence-electron chi connectivity index (χ1n) is 6.60. The van der Waals surface area contributed by atoms with Gasteiger partial charge in [-0.3, -0.25) is 15.0 Å². The molecule has 20 heavy (non-hydrogen) atoms. The Bertz CT molecular complexity index is 519. The van der Waals surface area contributed by atoms with Crippen molar-refractivity contribution in [2.24, 2.45) is 0 Å². The van der Waals surface area contributed by atoms with Gasteiger partial charge in [0.1, 0.15) is 0 Å². The molecule has 1 saturated heterocycles. The lowest BCUT2D eigenvalue weighted by atomic mass is 10.0. The molecule has 1 unspecified atom stereocenters. The molecule has 1 fully saturated rings. The highest BCUT2D eigenvalue weighted by atomic mass is 79.9. The van der Waals surface area contributed by atoms with Crippen LogP contribution in [0.3, 0.4) is 0 Å². The average Bonchev–Trinajstić information content (AvgIpc) is 2.28. The van der Waals surface area contributed by atoms with Crippen molar-refractivity contribution in [3.63, 3.8) is 0 Å². The van der Waals surface area contributed by atoms with Crippen LogP contribution in [0.4, 0.5) is 5.69 Å². The van der Waals surface area contributed by atoms with Gasteiger partial charge < -0.3 is 4.74 Å². The van der Waals surface area contributed by atoms with Crippen LogP contribution in [-0.4, -0.2) is 34.6 Å². The fourth-order valence-corrected chi connectivity index (χ4v) is 3.15. The fraction of sp³-hybridized carbons (Fsp3) is 0.571. The molecule has 0 N–H and O–H groups in total. The second-order valence-corrected chi connectivity index (χ2v) is 6.75. The number of morpholine rings is 1. The summed E-state index contributed by atoms with van der Waals surface area (Å²) in [4.78, 5) is 12.9. The normalized spacial score (nSPS) is 22.7. The maximum Gasteiger partial charge on any atom is 0.283 e. The molecular formula is C14H19BrN2O3. The van der Waals surface area contributed by atoms with Crippen LogP contribution in [0.1, 0.15) is 26.3 Å². The maximum absolute atomic E-state index is 11.0. The Labute approximate surface area is 127 Å². The molecule has 0 aromatic heterocycles. The summed E-state index contributed by atoms with van der Waals surface area (Å²) in [6.45, 7) is 8.55. The first kappa shape index (κ1) is 15.4. The SMILES string of the molecule is CC1CN(Cc2ccc(Br)c([N+](=O)[O-])c2)CC(C)(C)O1. The summed E-state index contributed by atoms with van der Waals surface area (Å²) in [6, 6.07) is 5.30. The molecule has 1 aliphatic heterocycles. The van der Waals surface area contributed by atoms with Crippen molar-refractivity contribution >= 4 is 21.6 Å². The van der Waals surface area contributed by atoms with Gasteiger partial charge in [-0.25, -0.2) is 0 Å². The molecule has 0 amide bonds. The maximum atomic E-state index is 11.0. The zero-order valence-electron chi connectivity index (χ0n) is 11.9. The van der Waals surface area contributed by atoms with Crippen LogP contribution in [0.5, 0.6) is 0 Å². The number of hydrogen-bond acceptors (Lipinski definition) is 4. The number of rotatable bonds is 3. The Hall–Kier alpha value is -0.980. The number of nitro groups is 1. The number of ether oxygens (including phenoxy) is 1. The third-order valence-corrected chi connectivity index (χ3v) is 3.92. The fourth-order valence-electron chi connectivity index (χ4n) is 2.76. The lowest BCUT2D eigenvalue weighted by Gasteiger charge is -2.41. The average molecular weight is 343 g/mol. The molecule has 1 aromatic carbocycles. The van der Waals surface area contributed by atoms with E-state index in [-0.39, 0.29) is 22.3 Å². The standard InChI is InChI=1S/C14H19BrN2O3/c1-10-7-16(9-14(2,3)20-10)8-11-4-5-12(15)13(6-11)17(18)19/h4-6,10H,7-9H2,1-3H3. The Balaban J connectivity index is 2.14. The summed E-state index contributed by atoms with van der Waals surface area (Å²) in [5.74, 6) is 0. The van der Waals surface area contributed by atoms with E-state index in [1.54, 1.807) is 12.1 Å². The van der Waals surface area contributed by atoms with Crippen LogP contribution in [0.15, 0.2) is 22.7 Å². The zero-order valence-corrected chi connectivity index (χ0v) is 13.5.